The van der Waals surface area contributed by atoms with E-state index >= 15 is 0 Å². The highest BCUT2D eigenvalue weighted by Crippen LogP contribution is 2.47. The first-order chi connectivity index (χ1) is 18.3. The van der Waals surface area contributed by atoms with Gasteiger partial charge >= 0.3 is 0 Å². The second-order valence-corrected chi connectivity index (χ2v) is 9.14. The molecule has 1 aliphatic heterocycles. The van der Waals surface area contributed by atoms with Gasteiger partial charge in [-0.3, -0.25) is 14.5 Å². The number of methoxy groups -OCH3 is 2. The lowest BCUT2D eigenvalue weighted by Gasteiger charge is -2.27. The van der Waals surface area contributed by atoms with Gasteiger partial charge in [-0.2, -0.15) is 5.26 Å². The van der Waals surface area contributed by atoms with Crippen molar-refractivity contribution >= 4 is 23.1 Å². The van der Waals surface area contributed by atoms with Crippen LogP contribution in [-0.2, 0) is 9.59 Å². The number of rotatable bonds is 8. The van der Waals surface area contributed by atoms with Gasteiger partial charge in [-0.05, 0) is 48.4 Å². The van der Waals surface area contributed by atoms with E-state index in [4.69, 9.17) is 14.2 Å². The number of benzene rings is 3. The number of para-hydroxylation sites is 1. The normalized spacial score (nSPS) is 16.4. The fourth-order valence-electron chi connectivity index (χ4n) is 4.37. The number of nitriles is 1. The molecule has 0 radical (unpaired) electrons. The van der Waals surface area contributed by atoms with Gasteiger partial charge < -0.3 is 19.3 Å². The number of nitrogens with zero attached hydrogens (tertiary/aromatic N) is 2. The summed E-state index contributed by atoms with van der Waals surface area (Å²) in [5, 5.41) is 20.7. The fraction of sp³-hybridized carbons (Fsp3) is 0.233. The molecular formula is C30H28N2O6. The van der Waals surface area contributed by atoms with Crippen molar-refractivity contribution in [1.82, 2.24) is 0 Å². The third-order valence-electron chi connectivity index (χ3n) is 6.14. The highest BCUT2D eigenvalue weighted by Gasteiger charge is 2.48. The molecule has 1 fully saturated rings. The van der Waals surface area contributed by atoms with Crippen LogP contribution in [-0.4, -0.2) is 37.6 Å². The van der Waals surface area contributed by atoms with Crippen molar-refractivity contribution in [2.24, 2.45) is 5.92 Å². The lowest BCUT2D eigenvalue weighted by molar-refractivity contribution is -0.132. The molecule has 4 rings (SSSR count). The first kappa shape index (κ1) is 26.3. The van der Waals surface area contributed by atoms with Crippen LogP contribution in [0.15, 0.2) is 72.3 Å². The van der Waals surface area contributed by atoms with Crippen molar-refractivity contribution < 1.29 is 28.9 Å². The Kier molecular flexibility index (Phi) is 7.68. The van der Waals surface area contributed by atoms with Gasteiger partial charge in [-0.15, -0.1) is 0 Å². The predicted octanol–water partition coefficient (Wildman–Crippen LogP) is 5.24. The molecule has 1 atom stereocenters. The Bertz CT molecular complexity index is 1440. The number of carbonyl (C=O) groups is 2. The predicted molar refractivity (Wildman–Crippen MR) is 142 cm³/mol. The summed E-state index contributed by atoms with van der Waals surface area (Å²) in [6.07, 6.45) is 0. The number of Topliss-reactive ketones (excluding diaryl/α,β-unsaturated/α-hetero) is 1. The van der Waals surface area contributed by atoms with Gasteiger partial charge in [-0.25, -0.2) is 0 Å². The molecule has 8 nitrogen and oxygen atoms in total. The minimum Gasteiger partial charge on any atom is -0.507 e. The van der Waals surface area contributed by atoms with Crippen LogP contribution in [0.1, 0.15) is 36.6 Å². The van der Waals surface area contributed by atoms with Crippen molar-refractivity contribution in [2.45, 2.75) is 19.9 Å². The number of amides is 1. The molecule has 1 unspecified atom stereocenters. The van der Waals surface area contributed by atoms with E-state index in [9.17, 15) is 20.0 Å². The summed E-state index contributed by atoms with van der Waals surface area (Å²) in [5.74, 6) is -0.469. The Morgan fingerprint density at radius 1 is 1.03 bits per heavy atom. The molecule has 0 aromatic heterocycles. The topological polar surface area (TPSA) is 109 Å². The van der Waals surface area contributed by atoms with E-state index in [2.05, 4.69) is 0 Å². The van der Waals surface area contributed by atoms with Crippen LogP contribution < -0.4 is 19.1 Å². The third-order valence-corrected chi connectivity index (χ3v) is 6.14. The van der Waals surface area contributed by atoms with E-state index < -0.39 is 17.7 Å². The number of hydrogen-bond donors (Lipinski definition) is 1. The van der Waals surface area contributed by atoms with Crippen molar-refractivity contribution in [2.75, 3.05) is 25.7 Å². The van der Waals surface area contributed by atoms with Crippen LogP contribution in [0, 0.1) is 17.2 Å². The van der Waals surface area contributed by atoms with Crippen LogP contribution >= 0.6 is 0 Å². The molecule has 3 aromatic carbocycles. The molecule has 1 heterocycles. The van der Waals surface area contributed by atoms with Gasteiger partial charge in [0.2, 0.25) is 0 Å². The number of aliphatic hydroxyl groups is 1. The van der Waals surface area contributed by atoms with Crippen LogP contribution in [0.5, 0.6) is 17.2 Å². The summed E-state index contributed by atoms with van der Waals surface area (Å²) in [4.78, 5) is 28.3. The second-order valence-electron chi connectivity index (χ2n) is 9.14. The number of ketones is 1. The Hall–Kier alpha value is -4.77. The molecule has 1 amide bonds. The van der Waals surface area contributed by atoms with Crippen LogP contribution in [0.4, 0.5) is 5.69 Å². The van der Waals surface area contributed by atoms with E-state index in [0.717, 1.165) is 0 Å². The first-order valence-electron chi connectivity index (χ1n) is 12.1. The van der Waals surface area contributed by atoms with Gasteiger partial charge in [0.1, 0.15) is 11.5 Å². The Morgan fingerprint density at radius 2 is 1.74 bits per heavy atom. The molecular weight excluding hydrogens is 484 g/mol. The Labute approximate surface area is 221 Å². The molecule has 0 spiro atoms. The Morgan fingerprint density at radius 3 is 2.37 bits per heavy atom. The summed E-state index contributed by atoms with van der Waals surface area (Å²) in [7, 11) is 2.95. The maximum absolute atomic E-state index is 13.5. The zero-order valence-electron chi connectivity index (χ0n) is 21.6. The molecule has 194 valence electrons. The van der Waals surface area contributed by atoms with E-state index in [1.165, 1.54) is 19.1 Å². The van der Waals surface area contributed by atoms with Crippen LogP contribution in [0.3, 0.4) is 0 Å². The average Bonchev–Trinajstić information content (AvgIpc) is 3.20. The Balaban J connectivity index is 1.94. The largest absolute Gasteiger partial charge is 0.507 e. The monoisotopic (exact) mass is 512 g/mol. The number of aliphatic hydroxyl groups excluding tert-OH is 1. The number of anilines is 1. The molecule has 8 heteroatoms. The quantitative estimate of drug-likeness (QED) is 0.250. The van der Waals surface area contributed by atoms with Crippen molar-refractivity contribution in [1.29, 1.82) is 5.26 Å². The van der Waals surface area contributed by atoms with Crippen molar-refractivity contribution in [3.05, 3.63) is 89.0 Å². The lowest BCUT2D eigenvalue weighted by atomic mass is 9.94. The number of carbonyl (C=O) groups excluding carboxylic acids is 2. The fourth-order valence-corrected chi connectivity index (χ4v) is 4.37. The standard InChI is InChI=1S/C30H28N2O6/c1-18(2)17-38-22-8-5-7-20(15-22)27(33)25-26(23-9-6-10-24(36-3)29(23)37-4)32(30(35)28(25)34)21-13-11-19(16-31)12-14-21/h5-15,18,26,33H,17H2,1-4H3/b27-25-. The highest BCUT2D eigenvalue weighted by atomic mass is 16.5. The smallest absolute Gasteiger partial charge is 0.300 e. The molecule has 0 aliphatic carbocycles. The second kappa shape index (κ2) is 11.1. The van der Waals surface area contributed by atoms with Gasteiger partial charge in [0, 0.05) is 16.8 Å². The van der Waals surface area contributed by atoms with Gasteiger partial charge in [0.25, 0.3) is 11.7 Å². The highest BCUT2D eigenvalue weighted by molar-refractivity contribution is 6.51. The van der Waals surface area contributed by atoms with Crippen LogP contribution in [0.2, 0.25) is 0 Å². The molecule has 0 saturated carbocycles. The van der Waals surface area contributed by atoms with Gasteiger partial charge in [0.15, 0.2) is 11.5 Å². The van der Waals surface area contributed by atoms with E-state index in [1.807, 2.05) is 19.9 Å². The lowest BCUT2D eigenvalue weighted by Crippen LogP contribution is -2.29. The number of ether oxygens (including phenoxy) is 3. The zero-order chi connectivity index (χ0) is 27.4. The maximum Gasteiger partial charge on any atom is 0.300 e. The van der Waals surface area contributed by atoms with Crippen molar-refractivity contribution in [3.63, 3.8) is 0 Å². The summed E-state index contributed by atoms with van der Waals surface area (Å²) >= 11 is 0. The zero-order valence-corrected chi connectivity index (χ0v) is 21.6. The molecule has 38 heavy (non-hydrogen) atoms. The van der Waals surface area contributed by atoms with Gasteiger partial charge in [-0.1, -0.05) is 38.1 Å². The summed E-state index contributed by atoms with van der Waals surface area (Å²) in [6.45, 7) is 4.53. The molecule has 1 aliphatic rings. The van der Waals surface area contributed by atoms with E-state index in [-0.39, 0.29) is 11.3 Å². The minimum atomic E-state index is -1.03. The minimum absolute atomic E-state index is 0.105. The van der Waals surface area contributed by atoms with Gasteiger partial charge in [0.05, 0.1) is 44.1 Å². The molecule has 1 saturated heterocycles. The van der Waals surface area contributed by atoms with E-state index in [0.29, 0.717) is 52.2 Å². The molecule has 3 aromatic rings. The molecule has 1 N–H and O–H groups in total. The SMILES string of the molecule is COc1cccc(C2/C(=C(/O)c3cccc(OCC(C)C)c3)C(=O)C(=O)N2c2ccc(C#N)cc2)c1OC. The maximum atomic E-state index is 13.5. The summed E-state index contributed by atoms with van der Waals surface area (Å²) < 4.78 is 16.9. The van der Waals surface area contributed by atoms with Crippen LogP contribution in [0.25, 0.3) is 5.76 Å². The average molecular weight is 513 g/mol. The molecule has 0 bridgehead atoms. The summed E-state index contributed by atoms with van der Waals surface area (Å²) in [5.41, 5.74) is 1.46. The third kappa shape index (κ3) is 4.91. The summed E-state index contributed by atoms with van der Waals surface area (Å²) in [6, 6.07) is 19.2. The first-order valence-corrected chi connectivity index (χ1v) is 12.1. The van der Waals surface area contributed by atoms with E-state index in [1.54, 1.807) is 66.7 Å². The number of hydrogen-bond acceptors (Lipinski definition) is 7. The van der Waals surface area contributed by atoms with Crippen molar-refractivity contribution in [3.8, 4) is 23.3 Å².